The quantitative estimate of drug-likeness (QED) is 0.720. The topological polar surface area (TPSA) is 29.1 Å². The molecule has 1 N–H and O–H groups in total. The van der Waals surface area contributed by atoms with Crippen molar-refractivity contribution in [2.45, 2.75) is 13.0 Å². The number of hydrogen-bond acceptors (Lipinski definition) is 2. The molecule has 106 valence electrons. The summed E-state index contributed by atoms with van der Waals surface area (Å²) in [5.74, 6) is -0.127. The Kier molecular flexibility index (Phi) is 3.95. The Morgan fingerprint density at radius 3 is 2.48 bits per heavy atom. The van der Waals surface area contributed by atoms with Crippen LogP contribution in [0.2, 0.25) is 5.02 Å². The van der Waals surface area contributed by atoms with Gasteiger partial charge in [0.05, 0.1) is 11.1 Å². The normalized spacial score (nSPS) is 12.3. The summed E-state index contributed by atoms with van der Waals surface area (Å²) in [7, 11) is 0. The number of benzene rings is 2. The number of amides is 1. The van der Waals surface area contributed by atoms with Crippen molar-refractivity contribution in [1.82, 2.24) is 5.32 Å². The predicted molar refractivity (Wildman–Crippen MR) is 89.2 cm³/mol. The van der Waals surface area contributed by atoms with Gasteiger partial charge >= 0.3 is 0 Å². The number of halogens is 1. The first kappa shape index (κ1) is 14.1. The molecule has 0 fully saturated rings. The molecule has 0 spiro atoms. The SMILES string of the molecule is C[C@@H](NC(=O)c1sc2ccccc2c1Cl)c1ccccc1. The van der Waals surface area contributed by atoms with E-state index in [4.69, 9.17) is 11.6 Å². The zero-order chi connectivity index (χ0) is 14.8. The Labute approximate surface area is 132 Å². The van der Waals surface area contributed by atoms with Crippen molar-refractivity contribution in [2.75, 3.05) is 0 Å². The minimum atomic E-state index is -0.127. The van der Waals surface area contributed by atoms with Crippen LogP contribution in [-0.2, 0) is 0 Å². The van der Waals surface area contributed by atoms with Gasteiger partial charge in [-0.2, -0.15) is 0 Å². The highest BCUT2D eigenvalue weighted by Gasteiger charge is 2.18. The molecule has 0 bridgehead atoms. The lowest BCUT2D eigenvalue weighted by Crippen LogP contribution is -2.26. The van der Waals surface area contributed by atoms with Crippen LogP contribution in [0.5, 0.6) is 0 Å². The standard InChI is InChI=1S/C17H14ClNOS/c1-11(12-7-3-2-4-8-12)19-17(20)16-15(18)13-9-5-6-10-14(13)21-16/h2-11H,1H3,(H,19,20)/t11-/m1/s1. The molecule has 1 heterocycles. The van der Waals surface area contributed by atoms with Crippen molar-refractivity contribution >= 4 is 38.9 Å². The van der Waals surface area contributed by atoms with Gasteiger partial charge in [0.15, 0.2) is 0 Å². The summed E-state index contributed by atoms with van der Waals surface area (Å²) in [5, 5.41) is 4.47. The first-order valence-electron chi connectivity index (χ1n) is 6.69. The lowest BCUT2D eigenvalue weighted by molar-refractivity contribution is 0.0944. The average molecular weight is 316 g/mol. The van der Waals surface area contributed by atoms with Crippen molar-refractivity contribution in [3.8, 4) is 0 Å². The zero-order valence-electron chi connectivity index (χ0n) is 11.5. The summed E-state index contributed by atoms with van der Waals surface area (Å²) in [5.41, 5.74) is 1.07. The van der Waals surface area contributed by atoms with Crippen molar-refractivity contribution in [3.63, 3.8) is 0 Å². The van der Waals surface area contributed by atoms with Gasteiger partial charge in [0.25, 0.3) is 5.91 Å². The number of carbonyl (C=O) groups excluding carboxylic acids is 1. The van der Waals surface area contributed by atoms with E-state index in [1.54, 1.807) is 0 Å². The van der Waals surface area contributed by atoms with Gasteiger partial charge in [0.2, 0.25) is 0 Å². The van der Waals surface area contributed by atoms with E-state index in [9.17, 15) is 4.79 Å². The molecule has 0 saturated carbocycles. The molecule has 21 heavy (non-hydrogen) atoms. The van der Waals surface area contributed by atoms with E-state index in [2.05, 4.69) is 5.32 Å². The van der Waals surface area contributed by atoms with Crippen molar-refractivity contribution in [2.24, 2.45) is 0 Å². The maximum atomic E-state index is 12.4. The molecular formula is C17H14ClNOS. The van der Waals surface area contributed by atoms with E-state index in [0.29, 0.717) is 9.90 Å². The molecule has 0 unspecified atom stereocenters. The fraction of sp³-hybridized carbons (Fsp3) is 0.118. The molecule has 3 aromatic rings. The second-order valence-electron chi connectivity index (χ2n) is 4.85. The van der Waals surface area contributed by atoms with E-state index < -0.39 is 0 Å². The van der Waals surface area contributed by atoms with Crippen LogP contribution >= 0.6 is 22.9 Å². The number of rotatable bonds is 3. The third-order valence-electron chi connectivity index (χ3n) is 3.39. The monoisotopic (exact) mass is 315 g/mol. The minimum absolute atomic E-state index is 0.0556. The van der Waals surface area contributed by atoms with Gasteiger partial charge in [-0.05, 0) is 18.6 Å². The van der Waals surface area contributed by atoms with Crippen LogP contribution in [-0.4, -0.2) is 5.91 Å². The van der Waals surface area contributed by atoms with Crippen LogP contribution in [0.1, 0.15) is 28.2 Å². The summed E-state index contributed by atoms with van der Waals surface area (Å²) in [6.07, 6.45) is 0. The molecule has 0 saturated heterocycles. The Morgan fingerprint density at radius 1 is 1.10 bits per heavy atom. The van der Waals surface area contributed by atoms with E-state index in [-0.39, 0.29) is 11.9 Å². The van der Waals surface area contributed by atoms with Gasteiger partial charge in [-0.25, -0.2) is 0 Å². The summed E-state index contributed by atoms with van der Waals surface area (Å²) >= 11 is 7.76. The molecule has 0 radical (unpaired) electrons. The lowest BCUT2D eigenvalue weighted by atomic mass is 10.1. The highest BCUT2D eigenvalue weighted by atomic mass is 35.5. The van der Waals surface area contributed by atoms with Gasteiger partial charge in [-0.1, -0.05) is 60.1 Å². The molecule has 2 nitrogen and oxygen atoms in total. The van der Waals surface area contributed by atoms with Gasteiger partial charge in [-0.3, -0.25) is 4.79 Å². The van der Waals surface area contributed by atoms with E-state index in [1.165, 1.54) is 11.3 Å². The molecular weight excluding hydrogens is 302 g/mol. The number of fused-ring (bicyclic) bond motifs is 1. The molecule has 0 aliphatic carbocycles. The van der Waals surface area contributed by atoms with Crippen LogP contribution in [0.3, 0.4) is 0 Å². The van der Waals surface area contributed by atoms with Crippen LogP contribution < -0.4 is 5.32 Å². The van der Waals surface area contributed by atoms with E-state index >= 15 is 0 Å². The van der Waals surface area contributed by atoms with Crippen molar-refractivity contribution in [3.05, 3.63) is 70.1 Å². The smallest absolute Gasteiger partial charge is 0.263 e. The Morgan fingerprint density at radius 2 is 1.76 bits per heavy atom. The summed E-state index contributed by atoms with van der Waals surface area (Å²) < 4.78 is 1.03. The summed E-state index contributed by atoms with van der Waals surface area (Å²) in [4.78, 5) is 13.0. The fourth-order valence-corrected chi connectivity index (χ4v) is 3.67. The van der Waals surface area contributed by atoms with Gasteiger partial charge < -0.3 is 5.32 Å². The van der Waals surface area contributed by atoms with Gasteiger partial charge in [-0.15, -0.1) is 11.3 Å². The predicted octanol–water partition coefficient (Wildman–Crippen LogP) is 5.05. The van der Waals surface area contributed by atoms with Gasteiger partial charge in [0.1, 0.15) is 4.88 Å². The number of carbonyl (C=O) groups is 1. The molecule has 0 aliphatic heterocycles. The summed E-state index contributed by atoms with van der Waals surface area (Å²) in [6.45, 7) is 1.97. The van der Waals surface area contributed by atoms with E-state index in [1.807, 2.05) is 61.5 Å². The third kappa shape index (κ3) is 2.80. The van der Waals surface area contributed by atoms with Crippen LogP contribution in [0.15, 0.2) is 54.6 Å². The highest BCUT2D eigenvalue weighted by molar-refractivity contribution is 7.21. The fourth-order valence-electron chi connectivity index (χ4n) is 2.25. The van der Waals surface area contributed by atoms with Crippen LogP contribution in [0.4, 0.5) is 0 Å². The summed E-state index contributed by atoms with van der Waals surface area (Å²) in [6, 6.07) is 17.6. The largest absolute Gasteiger partial charge is 0.345 e. The number of hydrogen-bond donors (Lipinski definition) is 1. The first-order valence-corrected chi connectivity index (χ1v) is 7.89. The maximum absolute atomic E-state index is 12.4. The van der Waals surface area contributed by atoms with E-state index in [0.717, 1.165) is 15.6 Å². The lowest BCUT2D eigenvalue weighted by Gasteiger charge is -2.13. The molecule has 1 aromatic heterocycles. The van der Waals surface area contributed by atoms with Crippen LogP contribution in [0, 0.1) is 0 Å². The second kappa shape index (κ2) is 5.88. The van der Waals surface area contributed by atoms with Gasteiger partial charge in [0, 0.05) is 10.1 Å². The third-order valence-corrected chi connectivity index (χ3v) is 5.06. The molecule has 1 amide bonds. The second-order valence-corrected chi connectivity index (χ2v) is 6.28. The van der Waals surface area contributed by atoms with Crippen molar-refractivity contribution < 1.29 is 4.79 Å². The number of nitrogens with one attached hydrogen (secondary N) is 1. The molecule has 4 heteroatoms. The van der Waals surface area contributed by atoms with Crippen LogP contribution in [0.25, 0.3) is 10.1 Å². The van der Waals surface area contributed by atoms with Crippen molar-refractivity contribution in [1.29, 1.82) is 0 Å². The zero-order valence-corrected chi connectivity index (χ0v) is 13.0. The number of thiophene rings is 1. The molecule has 3 rings (SSSR count). The highest BCUT2D eigenvalue weighted by Crippen LogP contribution is 2.35. The Bertz CT molecular complexity index is 782. The molecule has 0 aliphatic rings. The first-order chi connectivity index (χ1) is 10.2. The molecule has 2 aromatic carbocycles. The minimum Gasteiger partial charge on any atom is -0.345 e. The Balaban J connectivity index is 1.86. The Hall–Kier alpha value is -1.84. The maximum Gasteiger partial charge on any atom is 0.263 e. The average Bonchev–Trinajstić information content (AvgIpc) is 2.86. The molecule has 1 atom stereocenters.